The minimum Gasteiger partial charge on any atom is -0.364 e. The Balaban J connectivity index is 1.66. The van der Waals surface area contributed by atoms with Gasteiger partial charge in [0.15, 0.2) is 11.5 Å². The van der Waals surface area contributed by atoms with E-state index < -0.39 is 5.91 Å². The first-order valence-electron chi connectivity index (χ1n) is 9.85. The van der Waals surface area contributed by atoms with Crippen molar-refractivity contribution in [2.45, 2.75) is 44.7 Å². The summed E-state index contributed by atoms with van der Waals surface area (Å²) in [4.78, 5) is 25.0. The Bertz CT molecular complexity index is 1040. The molecule has 30 heavy (non-hydrogen) atoms. The summed E-state index contributed by atoms with van der Waals surface area (Å²) in [5, 5.41) is 7.31. The SMILES string of the molecule is Cc1nsc(Nc2nc(N[C@@H]3CCCC[C@@H]3N)cnc2C(N)=O)c1-c1cccnc1. The van der Waals surface area contributed by atoms with Crippen LogP contribution in [0.4, 0.5) is 16.6 Å². The number of pyridine rings is 1. The van der Waals surface area contributed by atoms with Crippen molar-refractivity contribution in [3.63, 3.8) is 0 Å². The second-order valence-electron chi connectivity index (χ2n) is 7.35. The molecule has 6 N–H and O–H groups in total. The maximum atomic E-state index is 11.9. The van der Waals surface area contributed by atoms with E-state index in [0.717, 1.165) is 47.5 Å². The van der Waals surface area contributed by atoms with Gasteiger partial charge in [-0.1, -0.05) is 18.9 Å². The fraction of sp³-hybridized carbons (Fsp3) is 0.350. The standard InChI is InChI=1S/C20H24N8OS/c1-11-16(12-5-4-8-23-9-12)20(30-28-11)27-19-17(18(22)29)24-10-15(26-19)25-14-7-3-2-6-13(14)21/h4-5,8-10,13-14H,2-3,6-7,21H2,1H3,(H2,22,29)(H2,25,26,27)/t13-,14+/m0/s1. The van der Waals surface area contributed by atoms with E-state index in [0.29, 0.717) is 5.82 Å². The van der Waals surface area contributed by atoms with Crippen molar-refractivity contribution in [3.05, 3.63) is 42.1 Å². The molecular weight excluding hydrogens is 400 g/mol. The zero-order chi connectivity index (χ0) is 21.1. The molecule has 3 heterocycles. The van der Waals surface area contributed by atoms with Gasteiger partial charge in [0.05, 0.1) is 11.9 Å². The van der Waals surface area contributed by atoms with Crippen molar-refractivity contribution >= 4 is 34.1 Å². The summed E-state index contributed by atoms with van der Waals surface area (Å²) < 4.78 is 4.44. The molecule has 1 fully saturated rings. The maximum Gasteiger partial charge on any atom is 0.271 e. The molecule has 3 aromatic rings. The zero-order valence-electron chi connectivity index (χ0n) is 16.6. The number of nitrogens with zero attached hydrogens (tertiary/aromatic N) is 4. The molecule has 0 radical (unpaired) electrons. The van der Waals surface area contributed by atoms with Gasteiger partial charge in [0, 0.05) is 35.6 Å². The molecule has 3 aromatic heterocycles. The second kappa shape index (κ2) is 8.72. The highest BCUT2D eigenvalue weighted by atomic mass is 32.1. The summed E-state index contributed by atoms with van der Waals surface area (Å²) in [7, 11) is 0. The van der Waals surface area contributed by atoms with Crippen molar-refractivity contribution < 1.29 is 4.79 Å². The molecule has 1 aliphatic rings. The third kappa shape index (κ3) is 4.24. The number of nitrogens with two attached hydrogens (primary N) is 2. The highest BCUT2D eigenvalue weighted by Crippen LogP contribution is 2.36. The summed E-state index contributed by atoms with van der Waals surface area (Å²) in [6, 6.07) is 4.01. The number of aromatic nitrogens is 4. The number of carbonyl (C=O) groups excluding carboxylic acids is 1. The number of rotatable bonds is 6. The van der Waals surface area contributed by atoms with Gasteiger partial charge in [-0.3, -0.25) is 9.78 Å². The van der Waals surface area contributed by atoms with Crippen molar-refractivity contribution in [1.82, 2.24) is 19.3 Å². The molecule has 0 saturated heterocycles. The predicted molar refractivity (Wildman–Crippen MR) is 118 cm³/mol. The van der Waals surface area contributed by atoms with Gasteiger partial charge in [-0.25, -0.2) is 9.97 Å². The summed E-state index contributed by atoms with van der Waals surface area (Å²) in [5.74, 6) is 0.176. The van der Waals surface area contributed by atoms with E-state index in [1.807, 2.05) is 19.1 Å². The summed E-state index contributed by atoms with van der Waals surface area (Å²) in [6.45, 7) is 1.92. The monoisotopic (exact) mass is 424 g/mol. The van der Waals surface area contributed by atoms with Gasteiger partial charge in [0.1, 0.15) is 10.8 Å². The Morgan fingerprint density at radius 3 is 2.83 bits per heavy atom. The van der Waals surface area contributed by atoms with Crippen LogP contribution < -0.4 is 22.1 Å². The third-order valence-electron chi connectivity index (χ3n) is 5.20. The minimum atomic E-state index is -0.657. The van der Waals surface area contributed by atoms with Gasteiger partial charge < -0.3 is 22.1 Å². The summed E-state index contributed by atoms with van der Waals surface area (Å²) >= 11 is 1.28. The molecular formula is C20H24N8OS. The first-order valence-corrected chi connectivity index (χ1v) is 10.6. The van der Waals surface area contributed by atoms with Gasteiger partial charge in [-0.15, -0.1) is 0 Å². The Morgan fingerprint density at radius 2 is 2.10 bits per heavy atom. The summed E-state index contributed by atoms with van der Waals surface area (Å²) in [5.41, 5.74) is 14.5. The van der Waals surface area contributed by atoms with Crippen LogP contribution in [-0.2, 0) is 0 Å². The van der Waals surface area contributed by atoms with Crippen molar-refractivity contribution in [1.29, 1.82) is 0 Å². The predicted octanol–water partition coefficient (Wildman–Crippen LogP) is 2.83. The molecule has 0 spiro atoms. The molecule has 0 aliphatic heterocycles. The van der Waals surface area contributed by atoms with Crippen LogP contribution in [0.3, 0.4) is 0 Å². The number of anilines is 3. The number of aryl methyl sites for hydroxylation is 1. The Morgan fingerprint density at radius 1 is 1.27 bits per heavy atom. The molecule has 1 amide bonds. The molecule has 9 nitrogen and oxygen atoms in total. The zero-order valence-corrected chi connectivity index (χ0v) is 17.4. The van der Waals surface area contributed by atoms with Gasteiger partial charge >= 0.3 is 0 Å². The van der Waals surface area contributed by atoms with Crippen LogP contribution >= 0.6 is 11.5 Å². The quantitative estimate of drug-likeness (QED) is 0.473. The van der Waals surface area contributed by atoms with Crippen molar-refractivity contribution in [3.8, 4) is 11.1 Å². The topological polar surface area (TPSA) is 145 Å². The first kappa shape index (κ1) is 20.2. The Labute approximate surface area is 178 Å². The van der Waals surface area contributed by atoms with E-state index in [9.17, 15) is 4.79 Å². The normalized spacial score (nSPS) is 18.7. The number of hydrogen-bond donors (Lipinski definition) is 4. The Hall–Kier alpha value is -3.11. The Kier molecular flexibility index (Phi) is 5.86. The van der Waals surface area contributed by atoms with Crippen molar-refractivity contribution in [2.24, 2.45) is 11.5 Å². The van der Waals surface area contributed by atoms with E-state index in [-0.39, 0.29) is 23.6 Å². The highest BCUT2D eigenvalue weighted by Gasteiger charge is 2.23. The van der Waals surface area contributed by atoms with Gasteiger partial charge in [0.25, 0.3) is 5.91 Å². The number of carbonyl (C=O) groups is 1. The molecule has 0 unspecified atom stereocenters. The van der Waals surface area contributed by atoms with E-state index in [2.05, 4.69) is 30.0 Å². The van der Waals surface area contributed by atoms with Crippen LogP contribution in [0.15, 0.2) is 30.7 Å². The van der Waals surface area contributed by atoms with Crippen LogP contribution in [0, 0.1) is 6.92 Å². The lowest BCUT2D eigenvalue weighted by Gasteiger charge is -2.29. The highest BCUT2D eigenvalue weighted by molar-refractivity contribution is 7.11. The number of primary amides is 1. The van der Waals surface area contributed by atoms with Crippen LogP contribution in [0.2, 0.25) is 0 Å². The van der Waals surface area contributed by atoms with Crippen LogP contribution in [0.25, 0.3) is 11.1 Å². The number of amides is 1. The van der Waals surface area contributed by atoms with E-state index >= 15 is 0 Å². The average Bonchev–Trinajstić information content (AvgIpc) is 3.10. The average molecular weight is 425 g/mol. The van der Waals surface area contributed by atoms with Gasteiger partial charge in [-0.05, 0) is 37.4 Å². The smallest absolute Gasteiger partial charge is 0.271 e. The molecule has 156 valence electrons. The molecule has 1 aliphatic carbocycles. The molecule has 1 saturated carbocycles. The molecule has 0 aromatic carbocycles. The van der Waals surface area contributed by atoms with Crippen molar-refractivity contribution in [2.75, 3.05) is 10.6 Å². The summed E-state index contributed by atoms with van der Waals surface area (Å²) in [6.07, 6.45) is 9.22. The lowest BCUT2D eigenvalue weighted by molar-refractivity contribution is 0.0996. The van der Waals surface area contributed by atoms with Gasteiger partial charge in [0.2, 0.25) is 0 Å². The lowest BCUT2D eigenvalue weighted by Crippen LogP contribution is -2.42. The second-order valence-corrected chi connectivity index (χ2v) is 8.13. The van der Waals surface area contributed by atoms with Crippen LogP contribution in [-0.4, -0.2) is 37.3 Å². The van der Waals surface area contributed by atoms with E-state index in [4.69, 9.17) is 11.5 Å². The fourth-order valence-corrected chi connectivity index (χ4v) is 4.49. The first-order chi connectivity index (χ1) is 14.5. The van der Waals surface area contributed by atoms with E-state index in [1.165, 1.54) is 17.7 Å². The fourth-order valence-electron chi connectivity index (χ4n) is 3.67. The van der Waals surface area contributed by atoms with Crippen LogP contribution in [0.5, 0.6) is 0 Å². The molecule has 4 rings (SSSR count). The molecule has 10 heteroatoms. The largest absolute Gasteiger partial charge is 0.364 e. The molecule has 0 bridgehead atoms. The third-order valence-corrected chi connectivity index (χ3v) is 6.06. The molecule has 2 atom stereocenters. The van der Waals surface area contributed by atoms with Crippen LogP contribution in [0.1, 0.15) is 41.9 Å². The van der Waals surface area contributed by atoms with Gasteiger partial charge in [-0.2, -0.15) is 4.37 Å². The maximum absolute atomic E-state index is 11.9. The number of hydrogen-bond acceptors (Lipinski definition) is 9. The minimum absolute atomic E-state index is 0.0640. The number of nitrogens with one attached hydrogen (secondary N) is 2. The van der Waals surface area contributed by atoms with E-state index in [1.54, 1.807) is 12.4 Å². The lowest BCUT2D eigenvalue weighted by atomic mass is 9.91.